The number of morpholine rings is 1. The summed E-state index contributed by atoms with van der Waals surface area (Å²) in [6, 6.07) is 18.4. The van der Waals surface area contributed by atoms with Crippen molar-refractivity contribution in [3.05, 3.63) is 81.6 Å². The Balaban J connectivity index is 1.51. The first-order chi connectivity index (χ1) is 16.1. The third-order valence-electron chi connectivity index (χ3n) is 6.12. The molecule has 3 aromatic rings. The van der Waals surface area contributed by atoms with Gasteiger partial charge in [-0.2, -0.15) is 0 Å². The van der Waals surface area contributed by atoms with Gasteiger partial charge in [0.05, 0.1) is 19.8 Å². The van der Waals surface area contributed by atoms with Gasteiger partial charge in [-0.15, -0.1) is 0 Å². The number of hydrogen-bond donors (Lipinski definition) is 2. The minimum atomic E-state index is -0.0611. The molecule has 0 saturated carbocycles. The zero-order valence-corrected chi connectivity index (χ0v) is 20.0. The number of thiocarbonyl (C=S) groups is 1. The van der Waals surface area contributed by atoms with Gasteiger partial charge < -0.3 is 19.9 Å². The number of aromatic nitrogens is 1. The molecule has 33 heavy (non-hydrogen) atoms. The van der Waals surface area contributed by atoms with E-state index in [1.165, 1.54) is 11.1 Å². The molecule has 4 rings (SSSR count). The van der Waals surface area contributed by atoms with E-state index in [0.29, 0.717) is 18.2 Å². The topological polar surface area (TPSA) is 60.6 Å². The third-order valence-corrected chi connectivity index (χ3v) is 6.52. The van der Waals surface area contributed by atoms with Crippen LogP contribution in [0.3, 0.4) is 0 Å². The minimum Gasteiger partial charge on any atom is -0.379 e. The number of fused-ring (bicyclic) bond motifs is 1. The van der Waals surface area contributed by atoms with E-state index in [1.807, 2.05) is 30.3 Å². The van der Waals surface area contributed by atoms with Crippen molar-refractivity contribution in [2.24, 2.45) is 0 Å². The molecule has 0 radical (unpaired) electrons. The molecule has 174 valence electrons. The summed E-state index contributed by atoms with van der Waals surface area (Å²) in [5.74, 6) is 0. The fourth-order valence-electron chi connectivity index (χ4n) is 4.07. The van der Waals surface area contributed by atoms with E-state index in [1.54, 1.807) is 0 Å². The van der Waals surface area contributed by atoms with Crippen molar-refractivity contribution >= 4 is 28.2 Å². The van der Waals surface area contributed by atoms with Crippen molar-refractivity contribution in [3.63, 3.8) is 0 Å². The van der Waals surface area contributed by atoms with Crippen LogP contribution >= 0.6 is 12.2 Å². The van der Waals surface area contributed by atoms with Gasteiger partial charge in [0.25, 0.3) is 5.56 Å². The molecule has 0 atom stereocenters. The van der Waals surface area contributed by atoms with E-state index in [9.17, 15) is 4.79 Å². The first-order valence-corrected chi connectivity index (χ1v) is 12.0. The van der Waals surface area contributed by atoms with E-state index in [-0.39, 0.29) is 5.56 Å². The van der Waals surface area contributed by atoms with Crippen LogP contribution in [0.2, 0.25) is 0 Å². The smallest absolute Gasteiger partial charge is 0.253 e. The zero-order valence-electron chi connectivity index (χ0n) is 19.2. The van der Waals surface area contributed by atoms with Gasteiger partial charge in [0.15, 0.2) is 5.11 Å². The quantitative estimate of drug-likeness (QED) is 0.499. The molecule has 1 aliphatic heterocycles. The van der Waals surface area contributed by atoms with Crippen molar-refractivity contribution in [1.82, 2.24) is 20.1 Å². The van der Waals surface area contributed by atoms with Crippen LogP contribution in [0.4, 0.5) is 0 Å². The Bertz CT molecular complexity index is 1130. The number of nitrogens with one attached hydrogen (secondary N) is 2. The van der Waals surface area contributed by atoms with Gasteiger partial charge >= 0.3 is 0 Å². The van der Waals surface area contributed by atoms with Gasteiger partial charge in [0.1, 0.15) is 0 Å². The molecule has 2 heterocycles. The standard InChI is InChI=1S/C26H32N4O2S/c1-2-20-8-9-24-22(16-20)17-23(25(31)28-24)19-30(11-10-29-12-14-32-15-13-29)26(33)27-18-21-6-4-3-5-7-21/h3-9,16-17H,2,10-15,18-19H2,1H3,(H,27,33)(H,28,31). The van der Waals surface area contributed by atoms with Gasteiger partial charge in [0.2, 0.25) is 0 Å². The number of nitrogens with zero attached hydrogens (tertiary/aromatic N) is 2. The number of H-pyrrole nitrogens is 1. The van der Waals surface area contributed by atoms with Gasteiger partial charge in [-0.25, -0.2) is 0 Å². The first-order valence-electron chi connectivity index (χ1n) is 11.6. The molecule has 1 aliphatic rings. The maximum absolute atomic E-state index is 12.9. The fraction of sp³-hybridized carbons (Fsp3) is 0.385. The lowest BCUT2D eigenvalue weighted by molar-refractivity contribution is 0.0357. The number of hydrogen-bond acceptors (Lipinski definition) is 4. The van der Waals surface area contributed by atoms with E-state index < -0.39 is 0 Å². The molecular weight excluding hydrogens is 432 g/mol. The average molecular weight is 465 g/mol. The summed E-state index contributed by atoms with van der Waals surface area (Å²) in [5, 5.41) is 5.10. The summed E-state index contributed by atoms with van der Waals surface area (Å²) in [7, 11) is 0. The lowest BCUT2D eigenvalue weighted by Gasteiger charge is -2.31. The van der Waals surface area contributed by atoms with Gasteiger partial charge in [-0.05, 0) is 53.4 Å². The molecular formula is C26H32N4O2S. The molecule has 0 unspecified atom stereocenters. The highest BCUT2D eigenvalue weighted by Crippen LogP contribution is 2.15. The number of aromatic amines is 1. The number of benzene rings is 2. The highest BCUT2D eigenvalue weighted by Gasteiger charge is 2.17. The molecule has 0 bridgehead atoms. The van der Waals surface area contributed by atoms with Crippen LogP contribution in [0.25, 0.3) is 10.9 Å². The van der Waals surface area contributed by atoms with E-state index in [4.69, 9.17) is 17.0 Å². The Labute approximate surface area is 200 Å². The second-order valence-electron chi connectivity index (χ2n) is 8.42. The van der Waals surface area contributed by atoms with Gasteiger partial charge in [0, 0.05) is 43.8 Å². The summed E-state index contributed by atoms with van der Waals surface area (Å²) < 4.78 is 5.47. The molecule has 2 N–H and O–H groups in total. The molecule has 2 aromatic carbocycles. The summed E-state index contributed by atoms with van der Waals surface area (Å²) in [6.07, 6.45) is 0.962. The highest BCUT2D eigenvalue weighted by atomic mass is 32.1. The Kier molecular flexibility index (Phi) is 8.10. The fourth-order valence-corrected chi connectivity index (χ4v) is 4.30. The predicted octanol–water partition coefficient (Wildman–Crippen LogP) is 3.30. The second kappa shape index (κ2) is 11.4. The molecule has 1 saturated heterocycles. The van der Waals surface area contributed by atoms with Crippen LogP contribution in [0.5, 0.6) is 0 Å². The predicted molar refractivity (Wildman–Crippen MR) is 137 cm³/mol. The normalized spacial score (nSPS) is 14.3. The van der Waals surface area contributed by atoms with E-state index in [2.05, 4.69) is 51.3 Å². The number of pyridine rings is 1. The Morgan fingerprint density at radius 1 is 1.12 bits per heavy atom. The van der Waals surface area contributed by atoms with Crippen LogP contribution in [-0.2, 0) is 24.2 Å². The number of ether oxygens (including phenoxy) is 1. The van der Waals surface area contributed by atoms with Crippen molar-refractivity contribution in [3.8, 4) is 0 Å². The van der Waals surface area contributed by atoms with Gasteiger partial charge in [-0.3, -0.25) is 9.69 Å². The molecule has 7 heteroatoms. The largest absolute Gasteiger partial charge is 0.379 e. The molecule has 0 spiro atoms. The third kappa shape index (κ3) is 6.41. The van der Waals surface area contributed by atoms with Crippen LogP contribution < -0.4 is 10.9 Å². The molecule has 0 aliphatic carbocycles. The van der Waals surface area contributed by atoms with Crippen molar-refractivity contribution < 1.29 is 4.74 Å². The number of rotatable bonds is 8. The van der Waals surface area contributed by atoms with Crippen LogP contribution in [0.1, 0.15) is 23.6 Å². The Morgan fingerprint density at radius 2 is 1.91 bits per heavy atom. The average Bonchev–Trinajstić information content (AvgIpc) is 2.86. The lowest BCUT2D eigenvalue weighted by Crippen LogP contribution is -2.46. The highest BCUT2D eigenvalue weighted by molar-refractivity contribution is 7.80. The van der Waals surface area contributed by atoms with E-state index in [0.717, 1.165) is 62.3 Å². The Hall–Kier alpha value is -2.74. The first kappa shape index (κ1) is 23.4. The SMILES string of the molecule is CCc1ccc2[nH]c(=O)c(CN(CCN3CCOCC3)C(=S)NCc3ccccc3)cc2c1. The molecule has 0 amide bonds. The van der Waals surface area contributed by atoms with Crippen LogP contribution in [0, 0.1) is 0 Å². The van der Waals surface area contributed by atoms with Crippen molar-refractivity contribution in [2.75, 3.05) is 39.4 Å². The Morgan fingerprint density at radius 3 is 2.67 bits per heavy atom. The summed E-state index contributed by atoms with van der Waals surface area (Å²) in [4.78, 5) is 20.4. The number of aryl methyl sites for hydroxylation is 1. The minimum absolute atomic E-state index is 0.0611. The summed E-state index contributed by atoms with van der Waals surface area (Å²) in [5.41, 5.74) is 3.95. The zero-order chi connectivity index (χ0) is 23.0. The maximum atomic E-state index is 12.9. The van der Waals surface area contributed by atoms with Gasteiger partial charge in [-0.1, -0.05) is 43.3 Å². The monoisotopic (exact) mass is 464 g/mol. The summed E-state index contributed by atoms with van der Waals surface area (Å²) >= 11 is 5.78. The molecule has 6 nitrogen and oxygen atoms in total. The lowest BCUT2D eigenvalue weighted by atomic mass is 10.1. The summed E-state index contributed by atoms with van der Waals surface area (Å²) in [6.45, 7) is 8.26. The van der Waals surface area contributed by atoms with Crippen molar-refractivity contribution in [2.45, 2.75) is 26.4 Å². The maximum Gasteiger partial charge on any atom is 0.253 e. The van der Waals surface area contributed by atoms with Crippen LogP contribution in [0.15, 0.2) is 59.4 Å². The molecule has 1 fully saturated rings. The van der Waals surface area contributed by atoms with Crippen LogP contribution in [-0.4, -0.2) is 59.3 Å². The van der Waals surface area contributed by atoms with E-state index >= 15 is 0 Å². The molecule has 1 aromatic heterocycles. The van der Waals surface area contributed by atoms with Crippen molar-refractivity contribution in [1.29, 1.82) is 0 Å². The second-order valence-corrected chi connectivity index (χ2v) is 8.81.